The van der Waals surface area contributed by atoms with E-state index in [1.807, 2.05) is 19.2 Å². The number of carbonyl (C=O) groups is 2. The van der Waals surface area contributed by atoms with Crippen LogP contribution in [0.1, 0.15) is 24.5 Å². The first-order chi connectivity index (χ1) is 14.1. The van der Waals surface area contributed by atoms with E-state index in [0.29, 0.717) is 29.1 Å². The van der Waals surface area contributed by atoms with E-state index in [1.54, 1.807) is 43.3 Å². The van der Waals surface area contributed by atoms with E-state index in [0.717, 1.165) is 5.56 Å². The van der Waals surface area contributed by atoms with Gasteiger partial charge in [0.05, 0.1) is 4.90 Å². The summed E-state index contributed by atoms with van der Waals surface area (Å²) in [5.74, 6) is -0.0743. The van der Waals surface area contributed by atoms with Gasteiger partial charge in [-0.2, -0.15) is 16.5 Å². The molecule has 30 heavy (non-hydrogen) atoms. The highest BCUT2D eigenvalue weighted by molar-refractivity contribution is 7.98. The minimum atomic E-state index is -3.88. The number of rotatable bonds is 9. The molecule has 1 atom stereocenters. The highest BCUT2D eigenvalue weighted by atomic mass is 32.2. The van der Waals surface area contributed by atoms with Crippen LogP contribution in [0.4, 0.5) is 11.4 Å². The van der Waals surface area contributed by atoms with Gasteiger partial charge in [0, 0.05) is 18.3 Å². The SMILES string of the molecule is CSCCC(NS(=O)(=O)c1cc(C)ccc1C)C(=O)Nc1cccc(NC(C)=O)c1. The molecule has 9 heteroatoms. The maximum absolute atomic E-state index is 13.0. The molecule has 2 aromatic rings. The van der Waals surface area contributed by atoms with Gasteiger partial charge in [0.2, 0.25) is 21.8 Å². The van der Waals surface area contributed by atoms with Crippen molar-refractivity contribution >= 4 is 45.0 Å². The molecule has 0 aliphatic carbocycles. The van der Waals surface area contributed by atoms with Crippen LogP contribution >= 0.6 is 11.8 Å². The van der Waals surface area contributed by atoms with Crippen LogP contribution in [0.5, 0.6) is 0 Å². The second-order valence-electron chi connectivity index (χ2n) is 6.98. The summed E-state index contributed by atoms with van der Waals surface area (Å²) in [6.45, 7) is 4.93. The van der Waals surface area contributed by atoms with Gasteiger partial charge in [-0.15, -0.1) is 0 Å². The Hall–Kier alpha value is -2.36. The standard InChI is InChI=1S/C21H27N3O4S2/c1-14-8-9-15(2)20(12-14)30(27,28)24-19(10-11-29-4)21(26)23-18-7-5-6-17(13-18)22-16(3)25/h5-9,12-13,19,24H,10-11H2,1-4H3,(H,22,25)(H,23,26). The van der Waals surface area contributed by atoms with Gasteiger partial charge in [-0.3, -0.25) is 9.59 Å². The molecule has 0 heterocycles. The van der Waals surface area contributed by atoms with E-state index in [1.165, 1.54) is 18.7 Å². The Morgan fingerprint density at radius 1 is 1.03 bits per heavy atom. The predicted octanol–water partition coefficient (Wildman–Crippen LogP) is 3.30. The number of amides is 2. The second kappa shape index (κ2) is 10.6. The molecule has 162 valence electrons. The smallest absolute Gasteiger partial charge is 0.242 e. The fraction of sp³-hybridized carbons (Fsp3) is 0.333. The van der Waals surface area contributed by atoms with E-state index >= 15 is 0 Å². The van der Waals surface area contributed by atoms with Crippen LogP contribution in [0.25, 0.3) is 0 Å². The Morgan fingerprint density at radius 2 is 1.70 bits per heavy atom. The zero-order valence-corrected chi connectivity index (χ0v) is 19.1. The van der Waals surface area contributed by atoms with Crippen molar-refractivity contribution in [3.8, 4) is 0 Å². The number of thioether (sulfide) groups is 1. The molecule has 0 aromatic heterocycles. The highest BCUT2D eigenvalue weighted by Gasteiger charge is 2.26. The summed E-state index contributed by atoms with van der Waals surface area (Å²) in [5, 5.41) is 5.39. The first-order valence-electron chi connectivity index (χ1n) is 9.39. The fourth-order valence-electron chi connectivity index (χ4n) is 2.83. The zero-order chi connectivity index (χ0) is 22.3. The lowest BCUT2D eigenvalue weighted by atomic mass is 10.2. The third-order valence-corrected chi connectivity index (χ3v) is 6.57. The van der Waals surface area contributed by atoms with Crippen LogP contribution in [-0.4, -0.2) is 38.3 Å². The van der Waals surface area contributed by atoms with Gasteiger partial charge < -0.3 is 10.6 Å². The Morgan fingerprint density at radius 3 is 2.33 bits per heavy atom. The molecule has 0 radical (unpaired) electrons. The van der Waals surface area contributed by atoms with Crippen molar-refractivity contribution in [1.29, 1.82) is 0 Å². The number of hydrogen-bond acceptors (Lipinski definition) is 5. The molecule has 3 N–H and O–H groups in total. The van der Waals surface area contributed by atoms with Crippen molar-refractivity contribution < 1.29 is 18.0 Å². The molecule has 0 fully saturated rings. The van der Waals surface area contributed by atoms with E-state index < -0.39 is 22.0 Å². The van der Waals surface area contributed by atoms with Crippen LogP contribution in [0.15, 0.2) is 47.4 Å². The number of anilines is 2. The van der Waals surface area contributed by atoms with E-state index in [-0.39, 0.29) is 10.8 Å². The molecule has 2 rings (SSSR count). The molecule has 0 aliphatic heterocycles. The van der Waals surface area contributed by atoms with Gasteiger partial charge in [0.25, 0.3) is 0 Å². The number of carbonyl (C=O) groups excluding carboxylic acids is 2. The van der Waals surface area contributed by atoms with Crippen LogP contribution in [0, 0.1) is 13.8 Å². The molecule has 0 saturated carbocycles. The van der Waals surface area contributed by atoms with E-state index in [2.05, 4.69) is 15.4 Å². The maximum atomic E-state index is 13.0. The zero-order valence-electron chi connectivity index (χ0n) is 17.5. The number of hydrogen-bond donors (Lipinski definition) is 3. The second-order valence-corrected chi connectivity index (χ2v) is 9.64. The summed E-state index contributed by atoms with van der Waals surface area (Å²) in [4.78, 5) is 24.3. The normalized spacial score (nSPS) is 12.3. The molecular weight excluding hydrogens is 422 g/mol. The lowest BCUT2D eigenvalue weighted by Gasteiger charge is -2.19. The third kappa shape index (κ3) is 6.86. The Balaban J connectivity index is 2.23. The van der Waals surface area contributed by atoms with Crippen LogP contribution in [0.3, 0.4) is 0 Å². The largest absolute Gasteiger partial charge is 0.326 e. The quantitative estimate of drug-likeness (QED) is 0.545. The summed E-state index contributed by atoms with van der Waals surface area (Å²) in [7, 11) is -3.88. The van der Waals surface area contributed by atoms with Gasteiger partial charge >= 0.3 is 0 Å². The summed E-state index contributed by atoms with van der Waals surface area (Å²) in [5.41, 5.74) is 2.43. The Bertz CT molecular complexity index is 1020. The number of nitrogens with one attached hydrogen (secondary N) is 3. The van der Waals surface area contributed by atoms with Crippen molar-refractivity contribution in [3.05, 3.63) is 53.6 Å². The molecule has 2 aromatic carbocycles. The molecule has 0 spiro atoms. The molecular formula is C21H27N3O4S2. The predicted molar refractivity (Wildman–Crippen MR) is 122 cm³/mol. The maximum Gasteiger partial charge on any atom is 0.242 e. The van der Waals surface area contributed by atoms with Gasteiger partial charge in [-0.1, -0.05) is 18.2 Å². The molecule has 0 aliphatic rings. The van der Waals surface area contributed by atoms with Crippen molar-refractivity contribution in [2.24, 2.45) is 0 Å². The molecule has 7 nitrogen and oxygen atoms in total. The lowest BCUT2D eigenvalue weighted by Crippen LogP contribution is -2.44. The van der Waals surface area contributed by atoms with Gasteiger partial charge in [0.15, 0.2) is 0 Å². The van der Waals surface area contributed by atoms with Gasteiger partial charge in [0.1, 0.15) is 6.04 Å². The minimum Gasteiger partial charge on any atom is -0.326 e. The van der Waals surface area contributed by atoms with Crippen LogP contribution < -0.4 is 15.4 Å². The van der Waals surface area contributed by atoms with Crippen LogP contribution in [0.2, 0.25) is 0 Å². The summed E-state index contributed by atoms with van der Waals surface area (Å²) >= 11 is 1.53. The van der Waals surface area contributed by atoms with Crippen molar-refractivity contribution in [3.63, 3.8) is 0 Å². The molecule has 0 saturated heterocycles. The summed E-state index contributed by atoms with van der Waals surface area (Å²) in [6.07, 6.45) is 2.23. The number of aryl methyl sites for hydroxylation is 2. The third-order valence-electron chi connectivity index (χ3n) is 4.31. The fourth-order valence-corrected chi connectivity index (χ4v) is 4.86. The summed E-state index contributed by atoms with van der Waals surface area (Å²) < 4.78 is 28.5. The molecule has 2 amide bonds. The van der Waals surface area contributed by atoms with Crippen molar-refractivity contribution in [2.75, 3.05) is 22.6 Å². The average molecular weight is 450 g/mol. The van der Waals surface area contributed by atoms with Crippen molar-refractivity contribution in [2.45, 2.75) is 38.1 Å². The monoisotopic (exact) mass is 449 g/mol. The first-order valence-corrected chi connectivity index (χ1v) is 12.3. The van der Waals surface area contributed by atoms with Gasteiger partial charge in [-0.05, 0) is 67.7 Å². The molecule has 0 bridgehead atoms. The van der Waals surface area contributed by atoms with Gasteiger partial charge in [-0.25, -0.2) is 8.42 Å². The molecule has 1 unspecified atom stereocenters. The first kappa shape index (κ1) is 23.9. The Labute approximate surface area is 182 Å². The summed E-state index contributed by atoms with van der Waals surface area (Å²) in [6, 6.07) is 10.9. The topological polar surface area (TPSA) is 104 Å². The van der Waals surface area contributed by atoms with E-state index in [4.69, 9.17) is 0 Å². The number of sulfonamides is 1. The average Bonchev–Trinajstić information content (AvgIpc) is 2.66. The van der Waals surface area contributed by atoms with Crippen molar-refractivity contribution in [1.82, 2.24) is 4.72 Å². The highest BCUT2D eigenvalue weighted by Crippen LogP contribution is 2.19. The minimum absolute atomic E-state index is 0.164. The van der Waals surface area contributed by atoms with Crippen LogP contribution in [-0.2, 0) is 19.6 Å². The lowest BCUT2D eigenvalue weighted by molar-refractivity contribution is -0.117. The van der Waals surface area contributed by atoms with E-state index in [9.17, 15) is 18.0 Å². The Kier molecular flexibility index (Phi) is 8.45. The number of benzene rings is 2.